The molecule has 3 aromatic carbocycles. The Morgan fingerprint density at radius 2 is 1.52 bits per heavy atom. The van der Waals surface area contributed by atoms with Crippen LogP contribution in [0.3, 0.4) is 0 Å². The number of carbonyl (C=O) groups excluding carboxylic acids is 1. The molecule has 0 fully saturated rings. The number of benzene rings is 3. The van der Waals surface area contributed by atoms with Crippen LogP contribution in [0.25, 0.3) is 0 Å². The lowest BCUT2D eigenvalue weighted by atomic mass is 10.2. The Kier molecular flexibility index (Phi) is 6.05. The first-order valence-electron chi connectivity index (χ1n) is 8.75. The molecule has 0 aliphatic carbocycles. The van der Waals surface area contributed by atoms with Gasteiger partial charge in [-0.05, 0) is 67.6 Å². The van der Waals surface area contributed by atoms with E-state index >= 15 is 0 Å². The molecule has 0 aliphatic rings. The van der Waals surface area contributed by atoms with E-state index in [2.05, 4.69) is 10.6 Å². The third-order valence-electron chi connectivity index (χ3n) is 4.04. The van der Waals surface area contributed by atoms with Gasteiger partial charge >= 0.3 is 0 Å². The molecule has 1 unspecified atom stereocenters. The van der Waals surface area contributed by atoms with Gasteiger partial charge in [0.1, 0.15) is 17.5 Å². The fourth-order valence-electron chi connectivity index (χ4n) is 2.49. The van der Waals surface area contributed by atoms with E-state index in [-0.39, 0.29) is 5.69 Å². The molecule has 1 amide bonds. The summed E-state index contributed by atoms with van der Waals surface area (Å²) in [5.41, 5.74) is 1.41. The molecule has 0 aromatic heterocycles. The average molecular weight is 393 g/mol. The lowest BCUT2D eigenvalue weighted by molar-refractivity contribution is -0.116. The molecule has 29 heavy (non-hydrogen) atoms. The van der Waals surface area contributed by atoms with Crippen LogP contribution in [0.2, 0.25) is 0 Å². The van der Waals surface area contributed by atoms with Gasteiger partial charge in [0, 0.05) is 17.4 Å². The Bertz CT molecular complexity index is 1050. The Morgan fingerprint density at radius 1 is 0.931 bits per heavy atom. The molecule has 146 valence electrons. The number of hydrogen-bond acceptors (Lipinski definition) is 4. The van der Waals surface area contributed by atoms with Gasteiger partial charge in [-0.1, -0.05) is 0 Å². The van der Waals surface area contributed by atoms with Crippen LogP contribution in [-0.2, 0) is 4.79 Å². The molecule has 0 bridgehead atoms. The average Bonchev–Trinajstić information content (AvgIpc) is 2.72. The molecule has 0 saturated heterocycles. The minimum absolute atomic E-state index is 0.175. The molecule has 7 heteroatoms. The summed E-state index contributed by atoms with van der Waals surface area (Å²) in [7, 11) is 0. The normalized spacial score (nSPS) is 11.2. The number of carbonyl (C=O) groups is 1. The Morgan fingerprint density at radius 3 is 2.10 bits per heavy atom. The maximum atomic E-state index is 13.2. The molecule has 0 radical (unpaired) electrons. The van der Waals surface area contributed by atoms with Crippen LogP contribution in [-0.4, -0.2) is 11.9 Å². The van der Waals surface area contributed by atoms with Crippen molar-refractivity contribution >= 4 is 17.3 Å². The van der Waals surface area contributed by atoms with Crippen molar-refractivity contribution < 1.29 is 18.3 Å². The number of nitrogens with zero attached hydrogens (tertiary/aromatic N) is 1. The number of halogens is 2. The van der Waals surface area contributed by atoms with E-state index in [0.29, 0.717) is 22.7 Å². The molecule has 3 aromatic rings. The smallest absolute Gasteiger partial charge is 0.246 e. The highest BCUT2D eigenvalue weighted by Gasteiger charge is 2.14. The molecule has 5 nitrogen and oxygen atoms in total. The molecule has 1 atom stereocenters. The first kappa shape index (κ1) is 19.8. The third-order valence-corrected chi connectivity index (χ3v) is 4.04. The zero-order chi connectivity index (χ0) is 20.8. The van der Waals surface area contributed by atoms with Crippen LogP contribution < -0.4 is 15.4 Å². The number of hydrogen-bond donors (Lipinski definition) is 2. The number of ether oxygens (including phenoxy) is 1. The van der Waals surface area contributed by atoms with Crippen molar-refractivity contribution in [2.75, 3.05) is 10.6 Å². The van der Waals surface area contributed by atoms with Gasteiger partial charge in [0.2, 0.25) is 5.91 Å². The zero-order valence-corrected chi connectivity index (χ0v) is 15.4. The van der Waals surface area contributed by atoms with Crippen molar-refractivity contribution in [1.29, 1.82) is 5.26 Å². The predicted octanol–water partition coefficient (Wildman–Crippen LogP) is 5.07. The van der Waals surface area contributed by atoms with Gasteiger partial charge in [-0.25, -0.2) is 8.78 Å². The number of rotatable bonds is 6. The second kappa shape index (κ2) is 8.85. The largest absolute Gasteiger partial charge is 0.457 e. The summed E-state index contributed by atoms with van der Waals surface area (Å²) in [5, 5.41) is 14.4. The summed E-state index contributed by atoms with van der Waals surface area (Å²) in [6.07, 6.45) is 0. The van der Waals surface area contributed by atoms with Crippen LogP contribution in [0.1, 0.15) is 12.5 Å². The van der Waals surface area contributed by atoms with Crippen LogP contribution in [0, 0.1) is 23.0 Å². The maximum absolute atomic E-state index is 13.2. The highest BCUT2D eigenvalue weighted by molar-refractivity contribution is 5.96. The highest BCUT2D eigenvalue weighted by atomic mass is 19.2. The zero-order valence-electron chi connectivity index (χ0n) is 15.4. The van der Waals surface area contributed by atoms with Crippen molar-refractivity contribution in [3.63, 3.8) is 0 Å². The van der Waals surface area contributed by atoms with Crippen molar-refractivity contribution in [3.05, 3.63) is 83.9 Å². The van der Waals surface area contributed by atoms with E-state index < -0.39 is 23.6 Å². The minimum atomic E-state index is -1.03. The van der Waals surface area contributed by atoms with Gasteiger partial charge in [0.05, 0.1) is 11.6 Å². The second-order valence-corrected chi connectivity index (χ2v) is 6.25. The van der Waals surface area contributed by atoms with E-state index in [1.807, 2.05) is 6.07 Å². The van der Waals surface area contributed by atoms with Gasteiger partial charge < -0.3 is 15.4 Å². The molecular weight excluding hydrogens is 376 g/mol. The Balaban J connectivity index is 1.57. The fraction of sp³-hybridized carbons (Fsp3) is 0.0909. The van der Waals surface area contributed by atoms with Crippen LogP contribution in [0.15, 0.2) is 66.7 Å². The molecule has 2 N–H and O–H groups in total. The van der Waals surface area contributed by atoms with Crippen molar-refractivity contribution in [3.8, 4) is 17.6 Å². The fourth-order valence-corrected chi connectivity index (χ4v) is 2.49. The van der Waals surface area contributed by atoms with Gasteiger partial charge in [-0.3, -0.25) is 4.79 Å². The summed E-state index contributed by atoms with van der Waals surface area (Å²) in [6.45, 7) is 1.65. The first-order valence-corrected chi connectivity index (χ1v) is 8.75. The predicted molar refractivity (Wildman–Crippen MR) is 106 cm³/mol. The molecule has 0 spiro atoms. The molecule has 0 aliphatic heterocycles. The van der Waals surface area contributed by atoms with Crippen LogP contribution in [0.4, 0.5) is 20.2 Å². The van der Waals surface area contributed by atoms with Crippen molar-refractivity contribution in [1.82, 2.24) is 0 Å². The van der Waals surface area contributed by atoms with Gasteiger partial charge in [0.15, 0.2) is 11.6 Å². The standard InChI is InChI=1S/C22H17F2N3O2/c1-14(22(28)27-17-6-11-20(23)21(24)12-17)26-16-4-9-19(10-5-16)29-18-7-2-15(13-25)3-8-18/h2-12,14,26H,1H3,(H,27,28). The molecule has 0 saturated carbocycles. The van der Waals surface area contributed by atoms with E-state index in [0.717, 1.165) is 12.1 Å². The van der Waals surface area contributed by atoms with Gasteiger partial charge in [-0.2, -0.15) is 5.26 Å². The first-order chi connectivity index (χ1) is 13.9. The Labute approximate surface area is 166 Å². The van der Waals surface area contributed by atoms with E-state index in [4.69, 9.17) is 10.00 Å². The number of nitriles is 1. The SMILES string of the molecule is CC(Nc1ccc(Oc2ccc(C#N)cc2)cc1)C(=O)Nc1ccc(F)c(F)c1. The number of anilines is 2. The summed E-state index contributed by atoms with van der Waals surface area (Å²) < 4.78 is 31.9. The lowest BCUT2D eigenvalue weighted by Gasteiger charge is -2.16. The third kappa shape index (κ3) is 5.30. The number of amides is 1. The van der Waals surface area contributed by atoms with E-state index in [1.165, 1.54) is 6.07 Å². The topological polar surface area (TPSA) is 74.1 Å². The van der Waals surface area contributed by atoms with E-state index in [1.54, 1.807) is 55.5 Å². The highest BCUT2D eigenvalue weighted by Crippen LogP contribution is 2.23. The van der Waals surface area contributed by atoms with Crippen molar-refractivity contribution in [2.45, 2.75) is 13.0 Å². The quantitative estimate of drug-likeness (QED) is 0.613. The monoisotopic (exact) mass is 393 g/mol. The van der Waals surface area contributed by atoms with Gasteiger partial charge in [0.25, 0.3) is 0 Å². The second-order valence-electron chi connectivity index (χ2n) is 6.25. The van der Waals surface area contributed by atoms with Crippen LogP contribution in [0.5, 0.6) is 11.5 Å². The molecule has 3 rings (SSSR count). The van der Waals surface area contributed by atoms with Gasteiger partial charge in [-0.15, -0.1) is 0 Å². The molecular formula is C22H17F2N3O2. The summed E-state index contributed by atoms with van der Waals surface area (Å²) in [4.78, 5) is 12.2. The minimum Gasteiger partial charge on any atom is -0.457 e. The van der Waals surface area contributed by atoms with Crippen molar-refractivity contribution in [2.24, 2.45) is 0 Å². The summed E-state index contributed by atoms with van der Waals surface area (Å²) in [5.74, 6) is -1.20. The van der Waals surface area contributed by atoms with E-state index in [9.17, 15) is 13.6 Å². The Hall–Kier alpha value is -3.92. The lowest BCUT2D eigenvalue weighted by Crippen LogP contribution is -2.31. The number of nitrogens with one attached hydrogen (secondary N) is 2. The van der Waals surface area contributed by atoms with Crippen LogP contribution >= 0.6 is 0 Å². The summed E-state index contributed by atoms with van der Waals surface area (Å²) in [6, 6.07) is 18.3. The molecule has 0 heterocycles. The summed E-state index contributed by atoms with van der Waals surface area (Å²) >= 11 is 0. The maximum Gasteiger partial charge on any atom is 0.246 e.